The normalized spacial score (nSPS) is 25.4. The first-order chi connectivity index (χ1) is 8.67. The molecule has 3 nitrogen and oxygen atoms in total. The molecule has 1 N–H and O–H groups in total. The third kappa shape index (κ3) is 2.56. The Morgan fingerprint density at radius 1 is 1.33 bits per heavy atom. The third-order valence-corrected chi connectivity index (χ3v) is 3.86. The number of esters is 1. The molecule has 1 saturated heterocycles. The number of rotatable bonds is 3. The number of benzene rings is 1. The molecule has 3 heteroatoms. The van der Waals surface area contributed by atoms with Gasteiger partial charge in [0.25, 0.3) is 0 Å². The van der Waals surface area contributed by atoms with Crippen molar-refractivity contribution in [3.8, 4) is 0 Å². The molecule has 0 spiro atoms. The summed E-state index contributed by atoms with van der Waals surface area (Å²) in [6.45, 7) is 3.09. The minimum absolute atomic E-state index is 0.155. The van der Waals surface area contributed by atoms with Gasteiger partial charge in [-0.1, -0.05) is 36.8 Å². The molecule has 0 aliphatic carbocycles. The van der Waals surface area contributed by atoms with Crippen molar-refractivity contribution in [1.82, 2.24) is 5.32 Å². The first-order valence-electron chi connectivity index (χ1n) is 6.55. The summed E-state index contributed by atoms with van der Waals surface area (Å²) in [4.78, 5) is 12.2. The van der Waals surface area contributed by atoms with E-state index in [-0.39, 0.29) is 17.4 Å². The Hall–Kier alpha value is -1.35. The molecular formula is C15H21NO2. The van der Waals surface area contributed by atoms with Crippen molar-refractivity contribution in [3.05, 3.63) is 35.9 Å². The lowest BCUT2D eigenvalue weighted by atomic mass is 9.75. The molecule has 1 aliphatic heterocycles. The Morgan fingerprint density at radius 2 is 2.06 bits per heavy atom. The van der Waals surface area contributed by atoms with Crippen LogP contribution in [0, 0.1) is 0 Å². The van der Waals surface area contributed by atoms with E-state index in [0.717, 1.165) is 24.9 Å². The Bertz CT molecular complexity index is 396. The molecule has 18 heavy (non-hydrogen) atoms. The van der Waals surface area contributed by atoms with Crippen LogP contribution in [0.5, 0.6) is 0 Å². The topological polar surface area (TPSA) is 38.3 Å². The highest BCUT2D eigenvalue weighted by Crippen LogP contribution is 2.35. The molecule has 2 atom stereocenters. The maximum Gasteiger partial charge on any atom is 0.315 e. The molecule has 98 valence electrons. The van der Waals surface area contributed by atoms with E-state index in [4.69, 9.17) is 4.74 Å². The van der Waals surface area contributed by atoms with Crippen LogP contribution in [-0.2, 0) is 9.53 Å². The van der Waals surface area contributed by atoms with Crippen LogP contribution in [0.3, 0.4) is 0 Å². The summed E-state index contributed by atoms with van der Waals surface area (Å²) in [5.41, 5.74) is 0.827. The fourth-order valence-electron chi connectivity index (χ4n) is 2.85. The van der Waals surface area contributed by atoms with Gasteiger partial charge in [0.05, 0.1) is 13.0 Å². The van der Waals surface area contributed by atoms with Gasteiger partial charge in [-0.05, 0) is 31.9 Å². The van der Waals surface area contributed by atoms with Crippen molar-refractivity contribution >= 4 is 5.97 Å². The zero-order valence-corrected chi connectivity index (χ0v) is 11.1. The van der Waals surface area contributed by atoms with Gasteiger partial charge in [0.15, 0.2) is 0 Å². The number of hydrogen-bond donors (Lipinski definition) is 1. The summed E-state index contributed by atoms with van der Waals surface area (Å²) < 4.78 is 5.01. The van der Waals surface area contributed by atoms with Crippen molar-refractivity contribution in [2.24, 2.45) is 0 Å². The zero-order chi connectivity index (χ0) is 13.0. The highest BCUT2D eigenvalue weighted by atomic mass is 16.5. The van der Waals surface area contributed by atoms with Gasteiger partial charge in [0.1, 0.15) is 0 Å². The van der Waals surface area contributed by atoms with E-state index < -0.39 is 0 Å². The molecule has 0 radical (unpaired) electrons. The number of methoxy groups -OCH3 is 1. The molecule has 1 aliphatic rings. The quantitative estimate of drug-likeness (QED) is 0.834. The minimum Gasteiger partial charge on any atom is -0.468 e. The molecule has 1 aromatic carbocycles. The Labute approximate surface area is 109 Å². The van der Waals surface area contributed by atoms with Crippen LogP contribution in [0.4, 0.5) is 0 Å². The highest BCUT2D eigenvalue weighted by molar-refractivity contribution is 5.80. The lowest BCUT2D eigenvalue weighted by Crippen LogP contribution is -2.53. The molecule has 1 aromatic rings. The fourth-order valence-corrected chi connectivity index (χ4v) is 2.85. The molecule has 0 amide bonds. The number of piperidine rings is 1. The average molecular weight is 247 g/mol. The number of carbonyl (C=O) groups excluding carboxylic acids is 1. The van der Waals surface area contributed by atoms with E-state index in [9.17, 15) is 4.79 Å². The Morgan fingerprint density at radius 3 is 2.61 bits per heavy atom. The lowest BCUT2D eigenvalue weighted by molar-refractivity contribution is -0.144. The number of hydrogen-bond acceptors (Lipinski definition) is 3. The van der Waals surface area contributed by atoms with E-state index in [0.29, 0.717) is 0 Å². The van der Waals surface area contributed by atoms with Gasteiger partial charge >= 0.3 is 5.97 Å². The van der Waals surface area contributed by atoms with E-state index in [1.807, 2.05) is 30.3 Å². The summed E-state index contributed by atoms with van der Waals surface area (Å²) in [6.07, 6.45) is 3.34. The Balaban J connectivity index is 2.33. The smallest absolute Gasteiger partial charge is 0.315 e. The number of ether oxygens (including phenoxy) is 1. The maximum absolute atomic E-state index is 12.2. The molecule has 1 fully saturated rings. The van der Waals surface area contributed by atoms with Gasteiger partial charge in [0, 0.05) is 5.54 Å². The standard InChI is InChI=1S/C15H21NO2/c1-15(10-6-7-11-16-15)13(14(17)18-2)12-8-4-3-5-9-12/h3-5,8-9,13,16H,6-7,10-11H2,1-2H3/t13-,15+/m0/s1. The highest BCUT2D eigenvalue weighted by Gasteiger charge is 2.41. The summed E-state index contributed by atoms with van der Waals surface area (Å²) in [5, 5.41) is 3.51. The molecule has 0 unspecified atom stereocenters. The Kier molecular flexibility index (Phi) is 4.02. The summed E-state index contributed by atoms with van der Waals surface area (Å²) in [5.74, 6) is -0.387. The minimum atomic E-state index is -0.232. The predicted octanol–water partition coefficient (Wildman–Crippen LogP) is 2.48. The predicted molar refractivity (Wildman–Crippen MR) is 71.5 cm³/mol. The van der Waals surface area contributed by atoms with Gasteiger partial charge in [-0.2, -0.15) is 0 Å². The van der Waals surface area contributed by atoms with Crippen molar-refractivity contribution in [3.63, 3.8) is 0 Å². The second kappa shape index (κ2) is 5.53. The molecule has 2 rings (SSSR count). The lowest BCUT2D eigenvalue weighted by Gasteiger charge is -2.40. The van der Waals surface area contributed by atoms with E-state index in [1.54, 1.807) is 0 Å². The number of carbonyl (C=O) groups is 1. The van der Waals surface area contributed by atoms with E-state index in [2.05, 4.69) is 12.2 Å². The van der Waals surface area contributed by atoms with Crippen LogP contribution < -0.4 is 5.32 Å². The van der Waals surface area contributed by atoms with Crippen LogP contribution in [0.15, 0.2) is 30.3 Å². The largest absolute Gasteiger partial charge is 0.468 e. The van der Waals surface area contributed by atoms with Crippen molar-refractivity contribution in [2.45, 2.75) is 37.6 Å². The SMILES string of the molecule is COC(=O)[C@H](c1ccccc1)[C@@]1(C)CCCCN1. The maximum atomic E-state index is 12.2. The van der Waals surface area contributed by atoms with Crippen molar-refractivity contribution in [2.75, 3.05) is 13.7 Å². The van der Waals surface area contributed by atoms with Crippen molar-refractivity contribution in [1.29, 1.82) is 0 Å². The second-order valence-electron chi connectivity index (χ2n) is 5.17. The summed E-state index contributed by atoms with van der Waals surface area (Å²) in [7, 11) is 1.46. The van der Waals surface area contributed by atoms with Gasteiger partial charge in [-0.15, -0.1) is 0 Å². The van der Waals surface area contributed by atoms with Crippen LogP contribution in [0.25, 0.3) is 0 Å². The van der Waals surface area contributed by atoms with Crippen LogP contribution in [0.1, 0.15) is 37.7 Å². The van der Waals surface area contributed by atoms with Gasteiger partial charge in [-0.25, -0.2) is 0 Å². The van der Waals surface area contributed by atoms with E-state index >= 15 is 0 Å². The summed E-state index contributed by atoms with van der Waals surface area (Å²) in [6, 6.07) is 9.91. The van der Waals surface area contributed by atoms with Crippen LogP contribution in [-0.4, -0.2) is 25.2 Å². The van der Waals surface area contributed by atoms with Gasteiger partial charge < -0.3 is 10.1 Å². The molecular weight excluding hydrogens is 226 g/mol. The van der Waals surface area contributed by atoms with Gasteiger partial charge in [-0.3, -0.25) is 4.79 Å². The third-order valence-electron chi connectivity index (χ3n) is 3.86. The monoisotopic (exact) mass is 247 g/mol. The first-order valence-corrected chi connectivity index (χ1v) is 6.55. The number of nitrogens with one attached hydrogen (secondary N) is 1. The molecule has 0 bridgehead atoms. The first kappa shape index (κ1) is 13.1. The van der Waals surface area contributed by atoms with E-state index in [1.165, 1.54) is 13.5 Å². The van der Waals surface area contributed by atoms with Crippen LogP contribution >= 0.6 is 0 Å². The van der Waals surface area contributed by atoms with Gasteiger partial charge in [0.2, 0.25) is 0 Å². The second-order valence-corrected chi connectivity index (χ2v) is 5.17. The molecule has 1 heterocycles. The fraction of sp³-hybridized carbons (Fsp3) is 0.533. The van der Waals surface area contributed by atoms with Crippen molar-refractivity contribution < 1.29 is 9.53 Å². The average Bonchev–Trinajstić information content (AvgIpc) is 2.40. The zero-order valence-electron chi connectivity index (χ0n) is 11.1. The molecule has 0 aromatic heterocycles. The molecule has 0 saturated carbocycles. The van der Waals surface area contributed by atoms with Crippen LogP contribution in [0.2, 0.25) is 0 Å². The summed E-state index contributed by atoms with van der Waals surface area (Å²) >= 11 is 0.